The molecule has 0 saturated heterocycles. The zero-order valence-electron chi connectivity index (χ0n) is 9.09. The van der Waals surface area contributed by atoms with E-state index in [1.54, 1.807) is 6.07 Å². The highest BCUT2D eigenvalue weighted by atomic mass is 32.3. The lowest BCUT2D eigenvalue weighted by atomic mass is 10.3. The van der Waals surface area contributed by atoms with Crippen LogP contribution >= 0.6 is 0 Å². The summed E-state index contributed by atoms with van der Waals surface area (Å²) < 4.78 is 58.8. The van der Waals surface area contributed by atoms with Crippen LogP contribution < -0.4 is 0 Å². The summed E-state index contributed by atoms with van der Waals surface area (Å²) in [4.78, 5) is -1.36. The van der Waals surface area contributed by atoms with Gasteiger partial charge in [0, 0.05) is 0 Å². The number of halogens is 2. The molecule has 0 radical (unpaired) electrons. The average molecular weight is 272 g/mol. The highest BCUT2D eigenvalue weighted by Crippen LogP contribution is 2.39. The van der Waals surface area contributed by atoms with Crippen LogP contribution in [0.5, 0.6) is 0 Å². The van der Waals surface area contributed by atoms with Gasteiger partial charge in [0.05, 0.1) is 4.90 Å². The van der Waals surface area contributed by atoms with E-state index in [9.17, 15) is 22.1 Å². The summed E-state index contributed by atoms with van der Waals surface area (Å²) in [5, 5.41) is 0. The lowest BCUT2D eigenvalue weighted by Gasteiger charge is -2.31. The van der Waals surface area contributed by atoms with Crippen molar-refractivity contribution in [2.45, 2.75) is 9.79 Å². The summed E-state index contributed by atoms with van der Waals surface area (Å²) in [5.41, 5.74) is 0. The van der Waals surface area contributed by atoms with E-state index in [4.69, 9.17) is 0 Å². The lowest BCUT2D eigenvalue weighted by molar-refractivity contribution is 0.378. The molecule has 0 aliphatic carbocycles. The summed E-state index contributed by atoms with van der Waals surface area (Å²) in [7, 11) is -5.60. The quantitative estimate of drug-likeness (QED) is 0.883. The first-order valence-electron chi connectivity index (χ1n) is 4.97. The summed E-state index contributed by atoms with van der Waals surface area (Å²) >= 11 is 0. The van der Waals surface area contributed by atoms with Gasteiger partial charge >= 0.3 is 0 Å². The summed E-state index contributed by atoms with van der Waals surface area (Å²) in [6.45, 7) is 0. The van der Waals surface area contributed by atoms with E-state index >= 15 is 0 Å². The van der Waals surface area contributed by atoms with Gasteiger partial charge in [-0.1, -0.05) is 24.3 Å². The molecule has 2 aromatic rings. The van der Waals surface area contributed by atoms with Crippen molar-refractivity contribution in [2.24, 2.45) is 0 Å². The molecule has 2 aromatic carbocycles. The largest absolute Gasteiger partial charge is 0.301 e. The number of rotatable bonds is 2. The van der Waals surface area contributed by atoms with E-state index in [0.717, 1.165) is 18.2 Å². The topological polar surface area (TPSA) is 57.5 Å². The van der Waals surface area contributed by atoms with Gasteiger partial charge in [0.25, 0.3) is 0 Å². The van der Waals surface area contributed by atoms with Crippen LogP contribution in [0.15, 0.2) is 58.3 Å². The Morgan fingerprint density at radius 1 is 0.889 bits per heavy atom. The molecular formula is C12H10F2O3S. The fourth-order valence-electron chi connectivity index (χ4n) is 1.56. The van der Waals surface area contributed by atoms with Crippen molar-refractivity contribution >= 4 is 9.63 Å². The second kappa shape index (κ2) is 3.94. The standard InChI is InChI=1S/C12H10F2O3S/c13-10-7-4-8-11(12(10)14)18(15,16,17)9-5-2-1-3-6-9/h1-8H,(H2,15,16,17). The number of hydrogen-bond acceptors (Lipinski definition) is 1. The van der Waals surface area contributed by atoms with E-state index in [1.165, 1.54) is 24.3 Å². The molecule has 0 atom stereocenters. The first-order valence-corrected chi connectivity index (χ1v) is 6.85. The zero-order chi connectivity index (χ0) is 13.4. The van der Waals surface area contributed by atoms with Crippen LogP contribution in [0.2, 0.25) is 0 Å². The van der Waals surface area contributed by atoms with Gasteiger partial charge in [-0.25, -0.2) is 13.0 Å². The van der Waals surface area contributed by atoms with E-state index in [1.807, 2.05) is 0 Å². The minimum atomic E-state index is -5.60. The molecule has 0 bridgehead atoms. The molecule has 0 saturated carbocycles. The summed E-state index contributed by atoms with van der Waals surface area (Å²) in [6, 6.07) is 9.44. The Labute approximate surface area is 102 Å². The Bertz CT molecular complexity index is 650. The van der Waals surface area contributed by atoms with Gasteiger partial charge in [0.15, 0.2) is 11.6 Å². The predicted molar refractivity (Wildman–Crippen MR) is 62.7 cm³/mol. The van der Waals surface area contributed by atoms with Crippen LogP contribution in [0, 0.1) is 11.6 Å². The molecule has 0 aliphatic rings. The highest BCUT2D eigenvalue weighted by Gasteiger charge is 2.38. The van der Waals surface area contributed by atoms with Crippen LogP contribution in [0.25, 0.3) is 0 Å². The fraction of sp³-hybridized carbons (Fsp3) is 0. The molecule has 18 heavy (non-hydrogen) atoms. The summed E-state index contributed by atoms with van der Waals surface area (Å²) in [6.07, 6.45) is 0. The molecular weight excluding hydrogens is 262 g/mol. The Morgan fingerprint density at radius 3 is 2.11 bits per heavy atom. The second-order valence-corrected chi connectivity index (χ2v) is 6.37. The van der Waals surface area contributed by atoms with Crippen LogP contribution in [0.3, 0.4) is 0 Å². The SMILES string of the molecule is O=S(O)(O)(c1ccccc1)c1cccc(F)c1F. The van der Waals surface area contributed by atoms with Crippen molar-refractivity contribution in [3.05, 3.63) is 60.2 Å². The van der Waals surface area contributed by atoms with E-state index in [-0.39, 0.29) is 4.90 Å². The smallest absolute Gasteiger partial charge is 0.177 e. The van der Waals surface area contributed by atoms with Crippen LogP contribution in [0.4, 0.5) is 8.78 Å². The predicted octanol–water partition coefficient (Wildman–Crippen LogP) is 3.15. The Hall–Kier alpha value is -1.63. The second-order valence-electron chi connectivity index (χ2n) is 3.73. The lowest BCUT2D eigenvalue weighted by Crippen LogP contribution is -2.33. The molecule has 6 heteroatoms. The third-order valence-corrected chi connectivity index (χ3v) is 4.71. The molecule has 2 N–H and O–H groups in total. The molecule has 2 rings (SSSR count). The summed E-state index contributed by atoms with van der Waals surface area (Å²) in [5.74, 6) is -2.84. The van der Waals surface area contributed by atoms with Gasteiger partial charge in [0.1, 0.15) is 14.5 Å². The van der Waals surface area contributed by atoms with Crippen molar-refractivity contribution in [1.29, 1.82) is 0 Å². The third-order valence-electron chi connectivity index (χ3n) is 2.48. The monoisotopic (exact) mass is 272 g/mol. The Morgan fingerprint density at radius 2 is 1.50 bits per heavy atom. The van der Waals surface area contributed by atoms with Crippen molar-refractivity contribution < 1.29 is 22.1 Å². The number of hydrogen-bond donors (Lipinski definition) is 2. The van der Waals surface area contributed by atoms with Crippen LogP contribution in [-0.2, 0) is 9.63 Å². The normalized spacial score (nSPS) is 13.9. The Balaban J connectivity index is 2.75. The van der Waals surface area contributed by atoms with Gasteiger partial charge < -0.3 is 9.11 Å². The van der Waals surface area contributed by atoms with Gasteiger partial charge in [-0.3, -0.25) is 0 Å². The Kier molecular flexibility index (Phi) is 2.81. The van der Waals surface area contributed by atoms with E-state index < -0.39 is 26.2 Å². The maximum Gasteiger partial charge on any atom is 0.177 e. The fourth-order valence-corrected chi connectivity index (χ4v) is 3.21. The van der Waals surface area contributed by atoms with Gasteiger partial charge in [-0.05, 0) is 24.3 Å². The van der Waals surface area contributed by atoms with Gasteiger partial charge in [0.2, 0.25) is 0 Å². The third kappa shape index (κ3) is 1.94. The molecule has 96 valence electrons. The van der Waals surface area contributed by atoms with Crippen LogP contribution in [-0.4, -0.2) is 13.3 Å². The van der Waals surface area contributed by atoms with Crippen LogP contribution in [0.1, 0.15) is 0 Å². The van der Waals surface area contributed by atoms with E-state index in [2.05, 4.69) is 0 Å². The molecule has 0 spiro atoms. The number of benzene rings is 2. The van der Waals surface area contributed by atoms with E-state index in [0.29, 0.717) is 0 Å². The van der Waals surface area contributed by atoms with Gasteiger partial charge in [-0.15, -0.1) is 0 Å². The van der Waals surface area contributed by atoms with Crippen molar-refractivity contribution in [3.8, 4) is 0 Å². The molecule has 3 nitrogen and oxygen atoms in total. The minimum Gasteiger partial charge on any atom is -0.301 e. The first-order chi connectivity index (χ1) is 8.31. The van der Waals surface area contributed by atoms with Gasteiger partial charge in [-0.2, -0.15) is 0 Å². The molecule has 0 unspecified atom stereocenters. The van der Waals surface area contributed by atoms with Crippen molar-refractivity contribution in [2.75, 3.05) is 0 Å². The van der Waals surface area contributed by atoms with Crippen molar-refractivity contribution in [3.63, 3.8) is 0 Å². The zero-order valence-corrected chi connectivity index (χ0v) is 9.90. The molecule has 0 aliphatic heterocycles. The minimum absolute atomic E-state index is 0.390. The molecule has 0 heterocycles. The molecule has 0 amide bonds. The van der Waals surface area contributed by atoms with Crippen molar-refractivity contribution in [1.82, 2.24) is 0 Å². The maximum atomic E-state index is 13.6. The maximum absolute atomic E-state index is 13.6. The molecule has 0 aromatic heterocycles. The average Bonchev–Trinajstić information content (AvgIpc) is 2.33. The highest BCUT2D eigenvalue weighted by molar-refractivity contribution is 8.10. The molecule has 0 fully saturated rings. The first kappa shape index (κ1) is 12.8.